The second kappa shape index (κ2) is 7.94. The van der Waals surface area contributed by atoms with Crippen LogP contribution in [0.1, 0.15) is 13.8 Å². The number of ether oxygens (including phenoxy) is 2. The van der Waals surface area contributed by atoms with Crippen LogP contribution in [0.4, 0.5) is 0 Å². The molecule has 1 aromatic heterocycles. The predicted octanol–water partition coefficient (Wildman–Crippen LogP) is 3.18. The molecule has 10 heteroatoms. The van der Waals surface area contributed by atoms with Crippen molar-refractivity contribution in [3.8, 4) is 5.75 Å². The lowest BCUT2D eigenvalue weighted by atomic mass is 10.3. The van der Waals surface area contributed by atoms with Gasteiger partial charge < -0.3 is 9.47 Å². The van der Waals surface area contributed by atoms with Crippen LogP contribution >= 0.6 is 11.8 Å². The van der Waals surface area contributed by atoms with E-state index in [1.807, 2.05) is 38.1 Å². The van der Waals surface area contributed by atoms with E-state index < -0.39 is 10.0 Å². The fourth-order valence-corrected chi connectivity index (χ4v) is 6.11. The quantitative estimate of drug-likeness (QED) is 0.603. The predicted molar refractivity (Wildman–Crippen MR) is 108 cm³/mol. The zero-order valence-corrected chi connectivity index (χ0v) is 17.9. The van der Waals surface area contributed by atoms with Gasteiger partial charge in [0.05, 0.1) is 24.2 Å². The van der Waals surface area contributed by atoms with Gasteiger partial charge in [-0.2, -0.15) is 4.31 Å². The van der Waals surface area contributed by atoms with Crippen molar-refractivity contribution in [1.82, 2.24) is 14.6 Å². The summed E-state index contributed by atoms with van der Waals surface area (Å²) in [6.45, 7) is 4.30. The molecule has 2 atom stereocenters. The highest BCUT2D eigenvalue weighted by molar-refractivity contribution is 7.99. The SMILES string of the molecule is COc1ccccc1Sc1ccc(S(=O)(=O)N2CC(C)OC(C)C2)c2nonc12. The highest BCUT2D eigenvalue weighted by Crippen LogP contribution is 2.39. The molecule has 0 saturated carbocycles. The molecular weight excluding hydrogens is 414 g/mol. The fraction of sp³-hybridized carbons (Fsp3) is 0.368. The summed E-state index contributed by atoms with van der Waals surface area (Å²) in [5.74, 6) is 0.718. The Morgan fingerprint density at radius 1 is 1.03 bits per heavy atom. The van der Waals surface area contributed by atoms with E-state index in [9.17, 15) is 8.42 Å². The number of hydrogen-bond acceptors (Lipinski definition) is 8. The molecule has 0 N–H and O–H groups in total. The summed E-state index contributed by atoms with van der Waals surface area (Å²) in [5.41, 5.74) is 0.619. The molecule has 2 heterocycles. The van der Waals surface area contributed by atoms with Crippen LogP contribution < -0.4 is 4.74 Å². The van der Waals surface area contributed by atoms with Crippen molar-refractivity contribution in [2.24, 2.45) is 0 Å². The number of hydrogen-bond donors (Lipinski definition) is 0. The molecule has 29 heavy (non-hydrogen) atoms. The number of nitrogens with zero attached hydrogens (tertiary/aromatic N) is 3. The molecule has 3 aromatic rings. The second-order valence-corrected chi connectivity index (χ2v) is 9.85. The maximum Gasteiger partial charge on any atom is 0.245 e. The van der Waals surface area contributed by atoms with Crippen LogP contribution in [0.15, 0.2) is 55.7 Å². The minimum absolute atomic E-state index is 0.0828. The van der Waals surface area contributed by atoms with Crippen LogP contribution in [0.2, 0.25) is 0 Å². The molecule has 2 unspecified atom stereocenters. The van der Waals surface area contributed by atoms with E-state index in [4.69, 9.17) is 14.1 Å². The molecule has 1 aliphatic heterocycles. The lowest BCUT2D eigenvalue weighted by Crippen LogP contribution is -2.48. The van der Waals surface area contributed by atoms with Gasteiger partial charge in [0.1, 0.15) is 10.6 Å². The summed E-state index contributed by atoms with van der Waals surface area (Å²) < 4.78 is 44.0. The Hall–Kier alpha value is -2.14. The van der Waals surface area contributed by atoms with Gasteiger partial charge in [-0.3, -0.25) is 0 Å². The summed E-state index contributed by atoms with van der Waals surface area (Å²) in [6, 6.07) is 10.9. The number of methoxy groups -OCH3 is 1. The Morgan fingerprint density at radius 2 is 1.72 bits per heavy atom. The molecule has 2 aromatic carbocycles. The molecule has 1 saturated heterocycles. The minimum atomic E-state index is -3.77. The van der Waals surface area contributed by atoms with Crippen molar-refractivity contribution >= 4 is 32.8 Å². The smallest absolute Gasteiger partial charge is 0.245 e. The van der Waals surface area contributed by atoms with Crippen molar-refractivity contribution in [1.29, 1.82) is 0 Å². The molecule has 0 aliphatic carbocycles. The molecule has 4 rings (SSSR count). The maximum atomic E-state index is 13.3. The van der Waals surface area contributed by atoms with Crippen LogP contribution in [-0.4, -0.2) is 55.4 Å². The van der Waals surface area contributed by atoms with E-state index >= 15 is 0 Å². The average Bonchev–Trinajstić information content (AvgIpc) is 3.18. The van der Waals surface area contributed by atoms with Gasteiger partial charge in [0.25, 0.3) is 0 Å². The second-order valence-electron chi connectivity index (χ2n) is 6.86. The van der Waals surface area contributed by atoms with Crippen LogP contribution in [0, 0.1) is 0 Å². The largest absolute Gasteiger partial charge is 0.496 e. The number of rotatable bonds is 5. The van der Waals surface area contributed by atoms with Gasteiger partial charge in [0.15, 0.2) is 11.0 Å². The van der Waals surface area contributed by atoms with Gasteiger partial charge in [0, 0.05) is 18.0 Å². The summed E-state index contributed by atoms with van der Waals surface area (Å²) in [6.07, 6.45) is -0.361. The lowest BCUT2D eigenvalue weighted by Gasteiger charge is -2.34. The third-order valence-electron chi connectivity index (χ3n) is 4.63. The Labute approximate surface area is 173 Å². The Morgan fingerprint density at radius 3 is 2.45 bits per heavy atom. The van der Waals surface area contributed by atoms with Crippen LogP contribution in [-0.2, 0) is 14.8 Å². The highest BCUT2D eigenvalue weighted by atomic mass is 32.2. The zero-order valence-electron chi connectivity index (χ0n) is 16.2. The first-order valence-electron chi connectivity index (χ1n) is 9.12. The minimum Gasteiger partial charge on any atom is -0.496 e. The van der Waals surface area contributed by atoms with Gasteiger partial charge in [-0.05, 0) is 48.4 Å². The van der Waals surface area contributed by atoms with E-state index in [-0.39, 0.29) is 35.7 Å². The molecular formula is C19H21N3O5S2. The van der Waals surface area contributed by atoms with Gasteiger partial charge >= 0.3 is 0 Å². The van der Waals surface area contributed by atoms with Crippen molar-refractivity contribution in [2.75, 3.05) is 20.2 Å². The monoisotopic (exact) mass is 435 g/mol. The number of fused-ring (bicyclic) bond motifs is 1. The van der Waals surface area contributed by atoms with Crippen molar-refractivity contribution in [3.05, 3.63) is 36.4 Å². The Kier molecular flexibility index (Phi) is 5.52. The van der Waals surface area contributed by atoms with Gasteiger partial charge in [-0.1, -0.05) is 23.9 Å². The standard InChI is InChI=1S/C19H21N3O5S2/c1-12-10-22(11-13(2)26-12)29(23,24)17-9-8-16(18-19(17)21-27-20-18)28-15-7-5-4-6-14(15)25-3/h4-9,12-13H,10-11H2,1-3H3. The van der Waals surface area contributed by atoms with E-state index in [1.165, 1.54) is 16.1 Å². The molecule has 154 valence electrons. The molecule has 1 aliphatic rings. The van der Waals surface area contributed by atoms with Crippen LogP contribution in [0.25, 0.3) is 11.0 Å². The highest BCUT2D eigenvalue weighted by Gasteiger charge is 2.34. The molecule has 0 radical (unpaired) electrons. The fourth-order valence-electron chi connectivity index (χ4n) is 3.40. The molecule has 1 fully saturated rings. The first kappa shape index (κ1) is 20.1. The number of aromatic nitrogens is 2. The molecule has 8 nitrogen and oxygen atoms in total. The summed E-state index contributed by atoms with van der Waals surface area (Å²) in [5, 5.41) is 7.86. The first-order chi connectivity index (χ1) is 13.9. The normalized spacial score (nSPS) is 20.8. The van der Waals surface area contributed by atoms with Gasteiger partial charge in [0.2, 0.25) is 10.0 Å². The summed E-state index contributed by atoms with van der Waals surface area (Å²) >= 11 is 1.41. The summed E-state index contributed by atoms with van der Waals surface area (Å²) in [4.78, 5) is 1.69. The molecule has 0 bridgehead atoms. The lowest BCUT2D eigenvalue weighted by molar-refractivity contribution is -0.0440. The maximum absolute atomic E-state index is 13.3. The zero-order chi connectivity index (χ0) is 20.6. The Balaban J connectivity index is 1.73. The van der Waals surface area contributed by atoms with E-state index in [1.54, 1.807) is 19.2 Å². The number of para-hydroxylation sites is 1. The Bertz CT molecular complexity index is 1120. The molecule has 0 amide bonds. The first-order valence-corrected chi connectivity index (χ1v) is 11.4. The third-order valence-corrected chi connectivity index (χ3v) is 7.60. The number of benzene rings is 2. The number of morpholine rings is 1. The topological polar surface area (TPSA) is 94.8 Å². The molecule has 0 spiro atoms. The number of sulfonamides is 1. The van der Waals surface area contributed by atoms with Crippen molar-refractivity contribution < 1.29 is 22.5 Å². The van der Waals surface area contributed by atoms with E-state index in [0.29, 0.717) is 5.52 Å². The summed E-state index contributed by atoms with van der Waals surface area (Å²) in [7, 11) is -2.17. The van der Waals surface area contributed by atoms with Crippen LogP contribution in [0.3, 0.4) is 0 Å². The van der Waals surface area contributed by atoms with Crippen molar-refractivity contribution in [3.63, 3.8) is 0 Å². The third kappa shape index (κ3) is 3.85. The van der Waals surface area contributed by atoms with Crippen LogP contribution in [0.5, 0.6) is 5.75 Å². The van der Waals surface area contributed by atoms with Gasteiger partial charge in [-0.25, -0.2) is 13.0 Å². The van der Waals surface area contributed by atoms with Crippen molar-refractivity contribution in [2.45, 2.75) is 40.7 Å². The van der Waals surface area contributed by atoms with E-state index in [2.05, 4.69) is 10.3 Å². The average molecular weight is 436 g/mol. The van der Waals surface area contributed by atoms with Gasteiger partial charge in [-0.15, -0.1) is 0 Å². The van der Waals surface area contributed by atoms with E-state index in [0.717, 1.165) is 15.5 Å².